The molecule has 0 aliphatic rings. The predicted octanol–water partition coefficient (Wildman–Crippen LogP) is 3.69. The van der Waals surface area contributed by atoms with E-state index in [4.69, 9.17) is 0 Å². The molecule has 1 aromatic rings. The molecule has 1 heterocycles. The maximum Gasteiger partial charge on any atom is 0.333 e. The number of aliphatic imine (C=N–C) groups is 1. The van der Waals surface area contributed by atoms with E-state index in [9.17, 15) is 8.78 Å². The average molecular weight is 255 g/mol. The molecule has 18 heavy (non-hydrogen) atoms. The van der Waals surface area contributed by atoms with Gasteiger partial charge in [-0.3, -0.25) is 4.99 Å². The van der Waals surface area contributed by atoms with Gasteiger partial charge in [0.1, 0.15) is 0 Å². The molecule has 0 saturated carbocycles. The molecule has 0 fully saturated rings. The molecule has 0 bridgehead atoms. The van der Waals surface area contributed by atoms with Crippen molar-refractivity contribution < 1.29 is 8.78 Å². The van der Waals surface area contributed by atoms with Crippen LogP contribution >= 0.6 is 0 Å². The first kappa shape index (κ1) is 14.5. The van der Waals surface area contributed by atoms with Gasteiger partial charge >= 0.3 is 6.55 Å². The molecule has 0 spiro atoms. The van der Waals surface area contributed by atoms with Gasteiger partial charge < -0.3 is 0 Å². The Morgan fingerprint density at radius 2 is 2.00 bits per heavy atom. The minimum atomic E-state index is -2.62. The van der Waals surface area contributed by atoms with E-state index in [0.717, 1.165) is 0 Å². The Kier molecular flexibility index (Phi) is 5.19. The van der Waals surface area contributed by atoms with Crippen molar-refractivity contribution in [2.24, 2.45) is 10.9 Å². The molecule has 0 aliphatic heterocycles. The third-order valence-corrected chi connectivity index (χ3v) is 2.13. The predicted molar refractivity (Wildman–Crippen MR) is 69.1 cm³/mol. The van der Waals surface area contributed by atoms with Crippen LogP contribution in [0.4, 0.5) is 8.78 Å². The van der Waals surface area contributed by atoms with Crippen LogP contribution in [-0.4, -0.2) is 21.5 Å². The summed E-state index contributed by atoms with van der Waals surface area (Å²) in [6.45, 7) is 5.37. The van der Waals surface area contributed by atoms with Gasteiger partial charge in [0.15, 0.2) is 0 Å². The average Bonchev–Trinajstić information content (AvgIpc) is 2.72. The van der Waals surface area contributed by atoms with Gasteiger partial charge in [0, 0.05) is 17.8 Å². The largest absolute Gasteiger partial charge is 0.333 e. The lowest BCUT2D eigenvalue weighted by atomic mass is 10.1. The molecule has 0 amide bonds. The molecule has 1 rings (SSSR count). The monoisotopic (exact) mass is 255 g/mol. The molecule has 0 unspecified atom stereocenters. The molecule has 100 valence electrons. The first-order chi connectivity index (χ1) is 8.40. The van der Waals surface area contributed by atoms with Crippen LogP contribution in [-0.2, 0) is 0 Å². The van der Waals surface area contributed by atoms with Crippen LogP contribution < -0.4 is 0 Å². The zero-order valence-corrected chi connectivity index (χ0v) is 11.1. The van der Waals surface area contributed by atoms with E-state index in [1.165, 1.54) is 12.4 Å². The molecule has 0 aliphatic carbocycles. The molecular formula is C13H19F2N3. The maximum absolute atomic E-state index is 12.5. The van der Waals surface area contributed by atoms with Crippen molar-refractivity contribution in [2.75, 3.05) is 0 Å². The Labute approximate surface area is 106 Å². The molecule has 0 saturated heterocycles. The van der Waals surface area contributed by atoms with Crippen LogP contribution in [0, 0.1) is 5.92 Å². The van der Waals surface area contributed by atoms with E-state index < -0.39 is 6.55 Å². The number of hydrogen-bond acceptors (Lipinski definition) is 2. The van der Waals surface area contributed by atoms with Gasteiger partial charge in [-0.05, 0) is 25.8 Å². The van der Waals surface area contributed by atoms with Gasteiger partial charge in [-0.1, -0.05) is 19.9 Å². The first-order valence-corrected chi connectivity index (χ1v) is 5.98. The number of hydrogen-bond donors (Lipinski definition) is 0. The number of rotatable bonds is 5. The SMILES string of the molecule is CC(C)/C=C\C(=NC(C)C)c1cnn(C(F)F)c1. The Morgan fingerprint density at radius 1 is 1.33 bits per heavy atom. The van der Waals surface area contributed by atoms with Crippen molar-refractivity contribution in [3.63, 3.8) is 0 Å². The van der Waals surface area contributed by atoms with Crippen LogP contribution in [0.2, 0.25) is 0 Å². The normalized spacial score (nSPS) is 13.5. The number of alkyl halides is 2. The Balaban J connectivity index is 3.02. The van der Waals surface area contributed by atoms with Crippen molar-refractivity contribution in [2.45, 2.75) is 40.3 Å². The summed E-state index contributed by atoms with van der Waals surface area (Å²) in [7, 11) is 0. The van der Waals surface area contributed by atoms with E-state index >= 15 is 0 Å². The third kappa shape index (κ3) is 4.39. The maximum atomic E-state index is 12.5. The minimum absolute atomic E-state index is 0.103. The van der Waals surface area contributed by atoms with E-state index in [1.54, 1.807) is 0 Å². The minimum Gasteiger partial charge on any atom is -0.282 e. The Morgan fingerprint density at radius 3 is 2.44 bits per heavy atom. The number of nitrogens with zero attached hydrogens (tertiary/aromatic N) is 3. The smallest absolute Gasteiger partial charge is 0.282 e. The molecule has 5 heteroatoms. The molecular weight excluding hydrogens is 236 g/mol. The summed E-state index contributed by atoms with van der Waals surface area (Å²) in [5.41, 5.74) is 1.30. The van der Waals surface area contributed by atoms with Crippen LogP contribution in [0.15, 0.2) is 29.5 Å². The summed E-state index contributed by atoms with van der Waals surface area (Å²) in [5, 5.41) is 3.62. The second-order valence-corrected chi connectivity index (χ2v) is 4.70. The van der Waals surface area contributed by atoms with Crippen LogP contribution in [0.5, 0.6) is 0 Å². The summed E-state index contributed by atoms with van der Waals surface area (Å²) >= 11 is 0. The molecule has 3 nitrogen and oxygen atoms in total. The van der Waals surface area contributed by atoms with Crippen LogP contribution in [0.1, 0.15) is 39.8 Å². The third-order valence-electron chi connectivity index (χ3n) is 2.13. The van der Waals surface area contributed by atoms with Gasteiger partial charge in [-0.2, -0.15) is 13.9 Å². The molecule has 0 N–H and O–H groups in total. The lowest BCUT2D eigenvalue weighted by molar-refractivity contribution is 0.0566. The lowest BCUT2D eigenvalue weighted by Gasteiger charge is -2.03. The summed E-state index contributed by atoms with van der Waals surface area (Å²) in [5.74, 6) is 0.382. The highest BCUT2D eigenvalue weighted by Crippen LogP contribution is 2.12. The van der Waals surface area contributed by atoms with E-state index in [-0.39, 0.29) is 6.04 Å². The van der Waals surface area contributed by atoms with E-state index in [0.29, 0.717) is 21.9 Å². The van der Waals surface area contributed by atoms with Gasteiger partial charge in [0.25, 0.3) is 0 Å². The quantitative estimate of drug-likeness (QED) is 0.738. The summed E-state index contributed by atoms with van der Waals surface area (Å²) < 4.78 is 25.6. The fraction of sp³-hybridized carbons (Fsp3) is 0.538. The molecule has 1 aromatic heterocycles. The molecule has 0 aromatic carbocycles. The Bertz CT molecular complexity index is 431. The standard InChI is InChI=1S/C13H19F2N3/c1-9(2)5-6-12(17-10(3)4)11-7-16-18(8-11)13(14)15/h5-10,13H,1-4H3/b6-5-,17-12?. The van der Waals surface area contributed by atoms with Crippen molar-refractivity contribution in [1.82, 2.24) is 9.78 Å². The van der Waals surface area contributed by atoms with Gasteiger partial charge in [0.05, 0.1) is 11.9 Å². The van der Waals surface area contributed by atoms with E-state index in [1.807, 2.05) is 39.8 Å². The second kappa shape index (κ2) is 6.42. The van der Waals surface area contributed by atoms with Crippen LogP contribution in [0.25, 0.3) is 0 Å². The Hall–Kier alpha value is -1.52. The van der Waals surface area contributed by atoms with Crippen LogP contribution in [0.3, 0.4) is 0 Å². The summed E-state index contributed by atoms with van der Waals surface area (Å²) in [6, 6.07) is 0.103. The summed E-state index contributed by atoms with van der Waals surface area (Å²) in [4.78, 5) is 4.42. The van der Waals surface area contributed by atoms with Gasteiger partial charge in [-0.15, -0.1) is 0 Å². The van der Waals surface area contributed by atoms with Gasteiger partial charge in [-0.25, -0.2) is 4.68 Å². The highest BCUT2D eigenvalue weighted by atomic mass is 19.3. The van der Waals surface area contributed by atoms with Gasteiger partial charge in [0.2, 0.25) is 0 Å². The van der Waals surface area contributed by atoms with Crippen molar-refractivity contribution >= 4 is 5.71 Å². The fourth-order valence-corrected chi connectivity index (χ4v) is 1.35. The highest BCUT2D eigenvalue weighted by Gasteiger charge is 2.10. The van der Waals surface area contributed by atoms with Crippen molar-refractivity contribution in [3.8, 4) is 0 Å². The second-order valence-electron chi connectivity index (χ2n) is 4.70. The van der Waals surface area contributed by atoms with Crippen molar-refractivity contribution in [1.29, 1.82) is 0 Å². The molecule has 0 atom stereocenters. The molecule has 0 radical (unpaired) electrons. The zero-order chi connectivity index (χ0) is 13.7. The zero-order valence-electron chi connectivity index (χ0n) is 11.1. The first-order valence-electron chi connectivity index (χ1n) is 5.98. The number of halogens is 2. The number of allylic oxidation sites excluding steroid dienone is 2. The fourth-order valence-electron chi connectivity index (χ4n) is 1.35. The lowest BCUT2D eigenvalue weighted by Crippen LogP contribution is -2.02. The number of aromatic nitrogens is 2. The highest BCUT2D eigenvalue weighted by molar-refractivity contribution is 6.08. The summed E-state index contributed by atoms with van der Waals surface area (Å²) in [6.07, 6.45) is 6.58. The van der Waals surface area contributed by atoms with E-state index in [2.05, 4.69) is 10.1 Å². The topological polar surface area (TPSA) is 30.2 Å². The van der Waals surface area contributed by atoms with Crippen molar-refractivity contribution in [3.05, 3.63) is 30.1 Å².